The first-order valence-electron chi connectivity index (χ1n) is 0.387. The van der Waals surface area contributed by atoms with Gasteiger partial charge >= 0.3 is 51.8 Å². The second-order valence-electron chi connectivity index (χ2n) is 0. The molecule has 0 saturated heterocycles. The molecule has 0 aliphatic rings. The van der Waals surface area contributed by atoms with Crippen LogP contribution in [0, 0.1) is 0 Å². The number of hydrogen-bond donors (Lipinski definition) is 0. The molecule has 0 aliphatic carbocycles. The summed E-state index contributed by atoms with van der Waals surface area (Å²) in [4.78, 5) is 0. The molecule has 0 unspecified atom stereocenters. The van der Waals surface area contributed by atoms with E-state index in [-0.39, 0.29) is 0 Å². The van der Waals surface area contributed by atoms with Crippen molar-refractivity contribution in [1.29, 1.82) is 0 Å². The van der Waals surface area contributed by atoms with Gasteiger partial charge in [-0.25, -0.2) is 0 Å². The van der Waals surface area contributed by atoms with Gasteiger partial charge in [0.15, 0.2) is 0 Å². The Balaban J connectivity index is 0. The molecule has 0 aliphatic heterocycles. The van der Waals surface area contributed by atoms with Crippen molar-refractivity contribution < 1.29 is 31.9 Å². The van der Waals surface area contributed by atoms with E-state index in [4.69, 9.17) is 9.69 Å². The molecular formula is Cl2NiZn. The molecule has 0 atom stereocenters. The number of hydrogen-bond acceptors (Lipinski definition) is 0. The molecule has 0 spiro atoms. The standard InChI is InChI=1S/2ClH.Ni.Zn/h2*1H;;/q;;2*+1/p-2. The molecular weight excluding hydrogens is 195 g/mol. The average molecular weight is 195 g/mol. The van der Waals surface area contributed by atoms with Gasteiger partial charge < -0.3 is 0 Å². The number of halogens is 2. The molecule has 0 aromatic carbocycles. The summed E-state index contributed by atoms with van der Waals surface area (Å²) in [6, 6.07) is 0. The molecule has 0 heterocycles. The Kier molecular flexibility index (Phi) is 51.3. The van der Waals surface area contributed by atoms with Gasteiger partial charge in [-0.05, 0) is 0 Å². The second kappa shape index (κ2) is 22.3. The normalized spacial score (nSPS) is 3.50. The third-order valence-corrected chi connectivity index (χ3v) is 0. The van der Waals surface area contributed by atoms with Crippen LogP contribution in [0.1, 0.15) is 0 Å². The summed E-state index contributed by atoms with van der Waals surface area (Å²) in [5, 5.41) is 0. The van der Waals surface area contributed by atoms with E-state index >= 15 is 0 Å². The molecule has 26 valence electrons. The zero-order chi connectivity index (χ0) is 4.00. The fraction of sp³-hybridized carbons (Fsp3) is 0. The summed E-state index contributed by atoms with van der Waals surface area (Å²) in [5.41, 5.74) is 0. The summed E-state index contributed by atoms with van der Waals surface area (Å²) in [6.45, 7) is 0. The van der Waals surface area contributed by atoms with Crippen molar-refractivity contribution in [2.75, 3.05) is 0 Å². The fourth-order valence-electron chi connectivity index (χ4n) is 0. The van der Waals surface area contributed by atoms with Gasteiger partial charge in [0.25, 0.3) is 0 Å². The molecule has 4 heavy (non-hydrogen) atoms. The Labute approximate surface area is 51.6 Å². The third kappa shape index (κ3) is 9.34. The Bertz CT molecular complexity index is 6.00. The van der Waals surface area contributed by atoms with Crippen LogP contribution in [0.4, 0.5) is 0 Å². The van der Waals surface area contributed by atoms with Crippen molar-refractivity contribution in [3.63, 3.8) is 0 Å². The molecule has 0 radical (unpaired) electrons. The van der Waals surface area contributed by atoms with Gasteiger partial charge in [-0.2, -0.15) is 0 Å². The van der Waals surface area contributed by atoms with E-state index in [1.54, 1.807) is 0 Å². The van der Waals surface area contributed by atoms with Crippen LogP contribution in [0.5, 0.6) is 0 Å². The molecule has 0 bridgehead atoms. The van der Waals surface area contributed by atoms with Crippen LogP contribution in [0.3, 0.4) is 0 Å². The van der Waals surface area contributed by atoms with Crippen LogP contribution in [0.25, 0.3) is 0 Å². The van der Waals surface area contributed by atoms with E-state index < -0.39 is 0 Å². The first-order chi connectivity index (χ1) is 2.00. The fourth-order valence-corrected chi connectivity index (χ4v) is 0. The van der Waals surface area contributed by atoms with Gasteiger partial charge in [-0.3, -0.25) is 0 Å². The summed E-state index contributed by atoms with van der Waals surface area (Å²) in [5.74, 6) is 0. The summed E-state index contributed by atoms with van der Waals surface area (Å²) < 4.78 is 0. The topological polar surface area (TPSA) is 0 Å². The number of rotatable bonds is 0. The van der Waals surface area contributed by atoms with E-state index in [1.165, 1.54) is 0 Å². The van der Waals surface area contributed by atoms with Crippen LogP contribution in [-0.2, 0) is 31.9 Å². The molecule has 0 nitrogen and oxygen atoms in total. The average Bonchev–Trinajstić information content (AvgIpc) is 1.50. The van der Waals surface area contributed by atoms with Crippen molar-refractivity contribution >= 4 is 19.9 Å². The minimum atomic E-state index is 0.847. The minimum absolute atomic E-state index is 0.847. The molecule has 0 amide bonds. The predicted octanol–water partition coefficient (Wildman–Crippen LogP) is 1.37. The van der Waals surface area contributed by atoms with Crippen LogP contribution < -0.4 is 0 Å². The quantitative estimate of drug-likeness (QED) is 0.512. The van der Waals surface area contributed by atoms with Gasteiger partial charge in [-0.15, -0.1) is 0 Å². The molecule has 0 fully saturated rings. The Morgan fingerprint density at radius 3 is 1.25 bits per heavy atom. The summed E-state index contributed by atoms with van der Waals surface area (Å²) >= 11 is 4.19. The van der Waals surface area contributed by atoms with E-state index in [9.17, 15) is 0 Å². The van der Waals surface area contributed by atoms with Crippen molar-refractivity contribution in [1.82, 2.24) is 0 Å². The van der Waals surface area contributed by atoms with Crippen molar-refractivity contribution in [3.05, 3.63) is 0 Å². The van der Waals surface area contributed by atoms with Crippen LogP contribution in [0.2, 0.25) is 0 Å². The first-order valence-corrected chi connectivity index (χ1v) is 5.64. The molecule has 0 N–H and O–H groups in total. The zero-order valence-electron chi connectivity index (χ0n) is 1.78. The first kappa shape index (κ1) is 9.20. The Hall–Kier alpha value is 1.70. The third-order valence-electron chi connectivity index (χ3n) is 0. The molecule has 4 heteroatoms. The monoisotopic (exact) mass is 192 g/mol. The Morgan fingerprint density at radius 2 is 1.25 bits per heavy atom. The van der Waals surface area contributed by atoms with E-state index in [2.05, 4.69) is 24.8 Å². The van der Waals surface area contributed by atoms with Gasteiger partial charge in [0.05, 0.1) is 0 Å². The van der Waals surface area contributed by atoms with Crippen LogP contribution >= 0.6 is 19.9 Å². The second-order valence-corrected chi connectivity index (χ2v) is 0. The van der Waals surface area contributed by atoms with Crippen LogP contribution in [0.15, 0.2) is 0 Å². The van der Waals surface area contributed by atoms with Gasteiger partial charge in [0.2, 0.25) is 0 Å². The maximum absolute atomic E-state index is 4.76. The van der Waals surface area contributed by atoms with Gasteiger partial charge in [0, 0.05) is 0 Å². The molecule has 0 aromatic rings. The molecule has 0 aromatic heterocycles. The SMILES string of the molecule is [Cl][Ni].[Cl][Zn]. The van der Waals surface area contributed by atoms with Crippen molar-refractivity contribution in [3.8, 4) is 0 Å². The summed E-state index contributed by atoms with van der Waals surface area (Å²) in [6.07, 6.45) is 0. The van der Waals surface area contributed by atoms with Crippen molar-refractivity contribution in [2.45, 2.75) is 0 Å². The van der Waals surface area contributed by atoms with Gasteiger partial charge in [0.1, 0.15) is 0 Å². The van der Waals surface area contributed by atoms with E-state index in [0.717, 1.165) is 17.3 Å². The maximum atomic E-state index is 4.76. The van der Waals surface area contributed by atoms with E-state index in [1.807, 2.05) is 0 Å². The van der Waals surface area contributed by atoms with E-state index in [0.29, 0.717) is 0 Å². The predicted molar refractivity (Wildman–Crippen MR) is 11.7 cm³/mol. The van der Waals surface area contributed by atoms with Crippen LogP contribution in [-0.4, -0.2) is 0 Å². The molecule has 0 saturated carbocycles. The summed E-state index contributed by atoms with van der Waals surface area (Å²) in [7, 11) is 9.03. The van der Waals surface area contributed by atoms with Crippen molar-refractivity contribution in [2.24, 2.45) is 0 Å². The Morgan fingerprint density at radius 1 is 1.25 bits per heavy atom. The molecule has 0 rings (SSSR count). The zero-order valence-corrected chi connectivity index (χ0v) is 7.25. The van der Waals surface area contributed by atoms with Gasteiger partial charge in [-0.1, -0.05) is 0 Å².